The van der Waals surface area contributed by atoms with Crippen LogP contribution < -0.4 is 0 Å². The molecule has 9 aromatic carbocycles. The Morgan fingerprint density at radius 3 is 1.42 bits per heavy atom. The third kappa shape index (κ3) is 5.32. The molecule has 0 aliphatic carbocycles. The van der Waals surface area contributed by atoms with Gasteiger partial charge in [0.15, 0.2) is 0 Å². The van der Waals surface area contributed by atoms with Crippen molar-refractivity contribution >= 4 is 32.6 Å². The van der Waals surface area contributed by atoms with E-state index >= 15 is 0 Å². The third-order valence-electron chi connectivity index (χ3n) is 10.4. The molecule has 0 fully saturated rings. The highest BCUT2D eigenvalue weighted by molar-refractivity contribution is 6.21. The van der Waals surface area contributed by atoms with E-state index in [0.29, 0.717) is 0 Å². The minimum absolute atomic E-state index is 0.934. The summed E-state index contributed by atoms with van der Waals surface area (Å²) in [6.45, 7) is 0. The van der Waals surface area contributed by atoms with Crippen molar-refractivity contribution in [2.24, 2.45) is 0 Å². The summed E-state index contributed by atoms with van der Waals surface area (Å²) in [6, 6.07) is 73.9. The first-order valence-electron chi connectivity index (χ1n) is 18.1. The van der Waals surface area contributed by atoms with Crippen molar-refractivity contribution in [1.82, 2.24) is 9.55 Å². The SMILES string of the molecule is c1ccc(-c2cccc(-c3c4ccccc4c(-c4ccc(-c5cccc6c5nc(-c5ccccc5)n6-c5ccccc5)cc4)c4ccccc34)c2)cc1. The van der Waals surface area contributed by atoms with E-state index in [9.17, 15) is 0 Å². The van der Waals surface area contributed by atoms with Gasteiger partial charge < -0.3 is 0 Å². The molecular formula is C51H34N2. The van der Waals surface area contributed by atoms with E-state index in [-0.39, 0.29) is 0 Å². The molecule has 0 aliphatic rings. The molecule has 53 heavy (non-hydrogen) atoms. The number of aromatic nitrogens is 2. The zero-order chi connectivity index (χ0) is 35.1. The smallest absolute Gasteiger partial charge is 0.145 e. The van der Waals surface area contributed by atoms with Gasteiger partial charge in [-0.15, -0.1) is 0 Å². The van der Waals surface area contributed by atoms with Gasteiger partial charge in [0.05, 0.1) is 11.0 Å². The number of fused-ring (bicyclic) bond motifs is 3. The highest BCUT2D eigenvalue weighted by Gasteiger charge is 2.19. The Kier molecular flexibility index (Phi) is 7.51. The van der Waals surface area contributed by atoms with Gasteiger partial charge in [0.25, 0.3) is 0 Å². The summed E-state index contributed by atoms with van der Waals surface area (Å²) in [5.74, 6) is 0.934. The van der Waals surface area contributed by atoms with Crippen LogP contribution in [0.2, 0.25) is 0 Å². The van der Waals surface area contributed by atoms with Crippen molar-refractivity contribution in [3.8, 4) is 61.6 Å². The summed E-state index contributed by atoms with van der Waals surface area (Å²) in [7, 11) is 0. The normalized spacial score (nSPS) is 11.4. The Balaban J connectivity index is 1.13. The van der Waals surface area contributed by atoms with Crippen molar-refractivity contribution < 1.29 is 0 Å². The highest BCUT2D eigenvalue weighted by Crippen LogP contribution is 2.45. The molecule has 0 amide bonds. The second kappa shape index (κ2) is 12.9. The molecule has 0 aliphatic heterocycles. The van der Waals surface area contributed by atoms with Crippen molar-refractivity contribution in [2.45, 2.75) is 0 Å². The average molecular weight is 675 g/mol. The summed E-state index contributed by atoms with van der Waals surface area (Å²) in [5.41, 5.74) is 13.9. The molecule has 10 rings (SSSR count). The van der Waals surface area contributed by atoms with Crippen LogP contribution in [0, 0.1) is 0 Å². The van der Waals surface area contributed by atoms with Crippen LogP contribution >= 0.6 is 0 Å². The standard InChI is InChI=1S/C51H34N2/c1-4-16-35(17-5-1)39-20-14-21-40(34-39)49-45-26-12-10-24-43(45)48(44-25-11-13-27-46(44)49)37-32-30-36(31-33-37)42-28-15-29-47-50(42)52-51(38-18-6-2-7-19-38)53(47)41-22-8-3-9-23-41/h1-34H. The Labute approximate surface area is 308 Å². The fraction of sp³-hybridized carbons (Fsp3) is 0. The topological polar surface area (TPSA) is 17.8 Å². The van der Waals surface area contributed by atoms with Gasteiger partial charge in [0.2, 0.25) is 0 Å². The van der Waals surface area contributed by atoms with Gasteiger partial charge in [0.1, 0.15) is 5.82 Å². The lowest BCUT2D eigenvalue weighted by molar-refractivity contribution is 1.10. The van der Waals surface area contributed by atoms with E-state index in [1.165, 1.54) is 54.9 Å². The van der Waals surface area contributed by atoms with Crippen molar-refractivity contribution in [3.63, 3.8) is 0 Å². The lowest BCUT2D eigenvalue weighted by Crippen LogP contribution is -1.97. The van der Waals surface area contributed by atoms with Gasteiger partial charge in [-0.05, 0) is 84.8 Å². The van der Waals surface area contributed by atoms with Crippen LogP contribution in [0.4, 0.5) is 0 Å². The minimum atomic E-state index is 0.934. The van der Waals surface area contributed by atoms with E-state index in [1.807, 2.05) is 0 Å². The molecular weight excluding hydrogens is 641 g/mol. The maximum atomic E-state index is 5.32. The van der Waals surface area contributed by atoms with Gasteiger partial charge in [-0.25, -0.2) is 4.98 Å². The molecule has 0 unspecified atom stereocenters. The first-order valence-corrected chi connectivity index (χ1v) is 18.1. The van der Waals surface area contributed by atoms with Gasteiger partial charge in [-0.3, -0.25) is 4.57 Å². The molecule has 1 aromatic heterocycles. The Morgan fingerprint density at radius 1 is 0.321 bits per heavy atom. The molecule has 0 radical (unpaired) electrons. The van der Waals surface area contributed by atoms with Crippen LogP contribution in [0.3, 0.4) is 0 Å². The molecule has 1 heterocycles. The number of imidazole rings is 1. The Bertz CT molecular complexity index is 2850. The first kappa shape index (κ1) is 30.8. The van der Waals surface area contributed by atoms with Crippen LogP contribution in [0.5, 0.6) is 0 Å². The summed E-state index contributed by atoms with van der Waals surface area (Å²) >= 11 is 0. The zero-order valence-corrected chi connectivity index (χ0v) is 29.0. The highest BCUT2D eigenvalue weighted by atomic mass is 15.1. The Morgan fingerprint density at radius 2 is 0.792 bits per heavy atom. The molecule has 0 spiro atoms. The summed E-state index contributed by atoms with van der Waals surface area (Å²) in [5, 5.41) is 4.99. The predicted molar refractivity (Wildman–Crippen MR) is 223 cm³/mol. The molecule has 0 atom stereocenters. The zero-order valence-electron chi connectivity index (χ0n) is 29.0. The molecule has 0 saturated heterocycles. The summed E-state index contributed by atoms with van der Waals surface area (Å²) in [4.78, 5) is 5.32. The van der Waals surface area contributed by atoms with E-state index < -0.39 is 0 Å². The number of benzene rings is 9. The number of rotatable bonds is 6. The summed E-state index contributed by atoms with van der Waals surface area (Å²) in [6.07, 6.45) is 0. The van der Waals surface area contributed by atoms with Gasteiger partial charge in [-0.1, -0.05) is 182 Å². The molecule has 248 valence electrons. The maximum absolute atomic E-state index is 5.32. The summed E-state index contributed by atoms with van der Waals surface area (Å²) < 4.78 is 2.28. The molecule has 0 N–H and O–H groups in total. The molecule has 0 bridgehead atoms. The fourth-order valence-electron chi connectivity index (χ4n) is 8.00. The van der Waals surface area contributed by atoms with Crippen molar-refractivity contribution in [3.05, 3.63) is 206 Å². The number of hydrogen-bond donors (Lipinski definition) is 0. The largest absolute Gasteiger partial charge is 0.292 e. The van der Waals surface area contributed by atoms with E-state index in [4.69, 9.17) is 4.98 Å². The lowest BCUT2D eigenvalue weighted by atomic mass is 9.85. The van der Waals surface area contributed by atoms with E-state index in [2.05, 4.69) is 211 Å². The average Bonchev–Trinajstić information content (AvgIpc) is 3.64. The molecule has 0 saturated carbocycles. The van der Waals surface area contributed by atoms with Crippen molar-refractivity contribution in [2.75, 3.05) is 0 Å². The molecule has 10 aromatic rings. The van der Waals surface area contributed by atoms with Crippen LogP contribution in [-0.2, 0) is 0 Å². The third-order valence-corrected chi connectivity index (χ3v) is 10.4. The second-order valence-corrected chi connectivity index (χ2v) is 13.5. The number of para-hydroxylation sites is 2. The quantitative estimate of drug-likeness (QED) is 0.161. The van der Waals surface area contributed by atoms with Gasteiger partial charge in [0, 0.05) is 16.8 Å². The minimum Gasteiger partial charge on any atom is -0.292 e. The van der Waals surface area contributed by atoms with E-state index in [1.54, 1.807) is 0 Å². The number of hydrogen-bond acceptors (Lipinski definition) is 1. The molecule has 2 heteroatoms. The van der Waals surface area contributed by atoms with Crippen molar-refractivity contribution in [1.29, 1.82) is 0 Å². The lowest BCUT2D eigenvalue weighted by Gasteiger charge is -2.18. The van der Waals surface area contributed by atoms with Gasteiger partial charge >= 0.3 is 0 Å². The Hall–Kier alpha value is -7.03. The van der Waals surface area contributed by atoms with Gasteiger partial charge in [-0.2, -0.15) is 0 Å². The monoisotopic (exact) mass is 674 g/mol. The second-order valence-electron chi connectivity index (χ2n) is 13.5. The van der Waals surface area contributed by atoms with Crippen LogP contribution in [0.25, 0.3) is 94.2 Å². The number of nitrogens with zero attached hydrogens (tertiary/aromatic N) is 2. The fourth-order valence-corrected chi connectivity index (χ4v) is 8.00. The first-order chi connectivity index (χ1) is 26.3. The maximum Gasteiger partial charge on any atom is 0.145 e. The van der Waals surface area contributed by atoms with Crippen LogP contribution in [0.1, 0.15) is 0 Å². The van der Waals surface area contributed by atoms with E-state index in [0.717, 1.165) is 39.2 Å². The predicted octanol–water partition coefficient (Wildman–Crippen LogP) is 13.7. The van der Waals surface area contributed by atoms with Crippen LogP contribution in [0.15, 0.2) is 206 Å². The molecule has 2 nitrogen and oxygen atoms in total. The van der Waals surface area contributed by atoms with Crippen LogP contribution in [-0.4, -0.2) is 9.55 Å².